The molecule has 0 bridgehead atoms. The molecular formula is C11H16ClIN2O2S. The van der Waals surface area contributed by atoms with Crippen molar-refractivity contribution in [3.05, 3.63) is 27.8 Å². The zero-order valence-electron chi connectivity index (χ0n) is 9.75. The van der Waals surface area contributed by atoms with E-state index in [2.05, 4.69) is 22.6 Å². The van der Waals surface area contributed by atoms with Crippen LogP contribution in [-0.4, -0.2) is 31.9 Å². The molecular weight excluding hydrogens is 387 g/mol. The minimum Gasteiger partial charge on any atom is -0.328 e. The van der Waals surface area contributed by atoms with Crippen molar-refractivity contribution in [1.29, 1.82) is 0 Å². The minimum absolute atomic E-state index is 0. The van der Waals surface area contributed by atoms with E-state index in [4.69, 9.17) is 5.73 Å². The van der Waals surface area contributed by atoms with Crippen LogP contribution >= 0.6 is 35.0 Å². The van der Waals surface area contributed by atoms with Crippen LogP contribution in [0.2, 0.25) is 0 Å². The SMILES string of the molecule is Cl.NC1CCN(S(=O)(=O)c2cccc(I)c2)CC1. The first-order valence-corrected chi connectivity index (χ1v) is 8.03. The van der Waals surface area contributed by atoms with Crippen molar-refractivity contribution in [2.24, 2.45) is 5.73 Å². The summed E-state index contributed by atoms with van der Waals surface area (Å²) in [5.41, 5.74) is 5.78. The Morgan fingerprint density at radius 2 is 1.89 bits per heavy atom. The van der Waals surface area contributed by atoms with E-state index in [0.29, 0.717) is 18.0 Å². The highest BCUT2D eigenvalue weighted by molar-refractivity contribution is 14.1. The molecule has 1 aromatic rings. The fourth-order valence-electron chi connectivity index (χ4n) is 1.89. The van der Waals surface area contributed by atoms with Crippen molar-refractivity contribution in [3.63, 3.8) is 0 Å². The molecule has 0 saturated carbocycles. The normalized spacial score (nSPS) is 18.3. The molecule has 2 rings (SSSR count). The van der Waals surface area contributed by atoms with Crippen molar-refractivity contribution < 1.29 is 8.42 Å². The summed E-state index contributed by atoms with van der Waals surface area (Å²) in [6.07, 6.45) is 1.48. The van der Waals surface area contributed by atoms with Crippen LogP contribution in [0.15, 0.2) is 29.2 Å². The predicted octanol–water partition coefficient (Wildman–Crippen LogP) is 1.82. The second-order valence-electron chi connectivity index (χ2n) is 4.20. The first-order chi connectivity index (χ1) is 8.00. The highest BCUT2D eigenvalue weighted by Crippen LogP contribution is 2.21. The molecule has 1 fully saturated rings. The smallest absolute Gasteiger partial charge is 0.243 e. The molecule has 0 aliphatic carbocycles. The Kier molecular flexibility index (Phi) is 5.85. The van der Waals surface area contributed by atoms with Crippen LogP contribution in [0.4, 0.5) is 0 Å². The Bertz CT molecular complexity index is 502. The van der Waals surface area contributed by atoms with E-state index in [1.165, 1.54) is 4.31 Å². The third-order valence-corrected chi connectivity index (χ3v) is 5.50. The average Bonchev–Trinajstić information content (AvgIpc) is 2.29. The van der Waals surface area contributed by atoms with Gasteiger partial charge in [-0.1, -0.05) is 6.07 Å². The molecule has 1 aromatic carbocycles. The number of rotatable bonds is 2. The lowest BCUT2D eigenvalue weighted by Crippen LogP contribution is -2.42. The summed E-state index contributed by atoms with van der Waals surface area (Å²) < 4.78 is 27.1. The second-order valence-corrected chi connectivity index (χ2v) is 7.38. The maximum absolute atomic E-state index is 12.3. The molecule has 2 N–H and O–H groups in total. The zero-order chi connectivity index (χ0) is 12.5. The Balaban J connectivity index is 0.00000162. The van der Waals surface area contributed by atoms with Crippen LogP contribution in [0, 0.1) is 3.57 Å². The van der Waals surface area contributed by atoms with Crippen LogP contribution < -0.4 is 5.73 Å². The number of hydrogen-bond acceptors (Lipinski definition) is 3. The molecule has 7 heteroatoms. The van der Waals surface area contributed by atoms with E-state index in [-0.39, 0.29) is 18.4 Å². The summed E-state index contributed by atoms with van der Waals surface area (Å²) >= 11 is 2.12. The van der Waals surface area contributed by atoms with E-state index in [0.717, 1.165) is 16.4 Å². The molecule has 1 aliphatic rings. The minimum atomic E-state index is -3.33. The van der Waals surface area contributed by atoms with Crippen molar-refractivity contribution in [2.45, 2.75) is 23.8 Å². The van der Waals surface area contributed by atoms with Gasteiger partial charge in [-0.3, -0.25) is 0 Å². The molecule has 18 heavy (non-hydrogen) atoms. The Morgan fingerprint density at radius 3 is 2.44 bits per heavy atom. The molecule has 1 saturated heterocycles. The number of hydrogen-bond donors (Lipinski definition) is 1. The van der Waals surface area contributed by atoms with Gasteiger partial charge < -0.3 is 5.73 Å². The summed E-state index contributed by atoms with van der Waals surface area (Å²) in [5.74, 6) is 0. The Labute approximate surface area is 128 Å². The Morgan fingerprint density at radius 1 is 1.28 bits per heavy atom. The zero-order valence-corrected chi connectivity index (χ0v) is 13.5. The van der Waals surface area contributed by atoms with Crippen LogP contribution in [-0.2, 0) is 10.0 Å². The lowest BCUT2D eigenvalue weighted by molar-refractivity contribution is 0.320. The lowest BCUT2D eigenvalue weighted by atomic mass is 10.1. The molecule has 0 amide bonds. The molecule has 0 spiro atoms. The summed E-state index contributed by atoms with van der Waals surface area (Å²) in [7, 11) is -3.33. The maximum Gasteiger partial charge on any atom is 0.243 e. The third-order valence-electron chi connectivity index (χ3n) is 2.93. The summed E-state index contributed by atoms with van der Waals surface area (Å²) in [5, 5.41) is 0. The van der Waals surface area contributed by atoms with Crippen molar-refractivity contribution >= 4 is 45.0 Å². The first kappa shape index (κ1) is 16.2. The fraction of sp³-hybridized carbons (Fsp3) is 0.455. The van der Waals surface area contributed by atoms with Gasteiger partial charge in [-0.2, -0.15) is 4.31 Å². The van der Waals surface area contributed by atoms with Gasteiger partial charge in [0.1, 0.15) is 0 Å². The standard InChI is InChI=1S/C11H15IN2O2S.ClH/c12-9-2-1-3-11(8-9)17(15,16)14-6-4-10(13)5-7-14;/h1-3,8,10H,4-7,13H2;1H. The number of piperidine rings is 1. The van der Waals surface area contributed by atoms with Gasteiger partial charge in [0, 0.05) is 22.7 Å². The monoisotopic (exact) mass is 402 g/mol. The van der Waals surface area contributed by atoms with Crippen LogP contribution in [0.1, 0.15) is 12.8 Å². The number of nitrogens with zero attached hydrogens (tertiary/aromatic N) is 1. The van der Waals surface area contributed by atoms with Crippen molar-refractivity contribution in [2.75, 3.05) is 13.1 Å². The summed E-state index contributed by atoms with van der Waals surface area (Å²) in [6.45, 7) is 1.05. The van der Waals surface area contributed by atoms with E-state index in [1.54, 1.807) is 18.2 Å². The molecule has 0 atom stereocenters. The second kappa shape index (κ2) is 6.51. The highest BCUT2D eigenvalue weighted by atomic mass is 127. The van der Waals surface area contributed by atoms with Gasteiger partial charge in [-0.25, -0.2) is 8.42 Å². The molecule has 0 unspecified atom stereocenters. The highest BCUT2D eigenvalue weighted by Gasteiger charge is 2.28. The number of sulfonamides is 1. The maximum atomic E-state index is 12.3. The van der Waals surface area contributed by atoms with Gasteiger partial charge in [0.15, 0.2) is 0 Å². The van der Waals surface area contributed by atoms with E-state index < -0.39 is 10.0 Å². The van der Waals surface area contributed by atoms with Crippen LogP contribution in [0.5, 0.6) is 0 Å². The average molecular weight is 403 g/mol. The molecule has 1 aliphatic heterocycles. The number of nitrogens with two attached hydrogens (primary N) is 1. The topological polar surface area (TPSA) is 63.4 Å². The van der Waals surface area contributed by atoms with Gasteiger partial charge in [-0.05, 0) is 53.6 Å². The Hall–Kier alpha value is 0.110. The number of benzene rings is 1. The van der Waals surface area contributed by atoms with Crippen LogP contribution in [0.25, 0.3) is 0 Å². The van der Waals surface area contributed by atoms with Gasteiger partial charge in [0.2, 0.25) is 10.0 Å². The quantitative estimate of drug-likeness (QED) is 0.768. The van der Waals surface area contributed by atoms with Gasteiger partial charge in [-0.15, -0.1) is 12.4 Å². The lowest BCUT2D eigenvalue weighted by Gasteiger charge is -2.29. The van der Waals surface area contributed by atoms with Crippen molar-refractivity contribution in [1.82, 2.24) is 4.31 Å². The summed E-state index contributed by atoms with van der Waals surface area (Å²) in [6, 6.07) is 7.13. The van der Waals surface area contributed by atoms with E-state index >= 15 is 0 Å². The predicted molar refractivity (Wildman–Crippen MR) is 82.4 cm³/mol. The van der Waals surface area contributed by atoms with Gasteiger partial charge >= 0.3 is 0 Å². The largest absolute Gasteiger partial charge is 0.328 e. The molecule has 0 aromatic heterocycles. The summed E-state index contributed by atoms with van der Waals surface area (Å²) in [4.78, 5) is 0.375. The number of halogens is 2. The molecule has 1 heterocycles. The molecule has 102 valence electrons. The molecule has 4 nitrogen and oxygen atoms in total. The fourth-order valence-corrected chi connectivity index (χ4v) is 4.16. The van der Waals surface area contributed by atoms with Gasteiger partial charge in [0.25, 0.3) is 0 Å². The van der Waals surface area contributed by atoms with Crippen molar-refractivity contribution in [3.8, 4) is 0 Å². The van der Waals surface area contributed by atoms with E-state index in [1.807, 2.05) is 6.07 Å². The first-order valence-electron chi connectivity index (χ1n) is 5.51. The van der Waals surface area contributed by atoms with Crippen LogP contribution in [0.3, 0.4) is 0 Å². The van der Waals surface area contributed by atoms with Gasteiger partial charge in [0.05, 0.1) is 4.90 Å². The third kappa shape index (κ3) is 3.57. The van der Waals surface area contributed by atoms with E-state index in [9.17, 15) is 8.42 Å². The molecule has 0 radical (unpaired) electrons.